The first-order valence-electron chi connectivity index (χ1n) is 13.7. The van der Waals surface area contributed by atoms with Crippen LogP contribution in [0, 0.1) is 5.82 Å². The quantitative estimate of drug-likeness (QED) is 0.245. The van der Waals surface area contributed by atoms with E-state index in [2.05, 4.69) is 34.4 Å². The predicted octanol–water partition coefficient (Wildman–Crippen LogP) is 5.66. The van der Waals surface area contributed by atoms with Crippen LogP contribution in [0.5, 0.6) is 11.8 Å². The fourth-order valence-corrected chi connectivity index (χ4v) is 6.10. The Morgan fingerprint density at radius 3 is 2.67 bits per heavy atom. The zero-order chi connectivity index (χ0) is 27.1. The number of ether oxygens (including phenoxy) is 1. The molecule has 2 aliphatic rings. The fourth-order valence-electron chi connectivity index (χ4n) is 5.81. The van der Waals surface area contributed by atoms with E-state index in [9.17, 15) is 5.11 Å². The number of piperazine rings is 1. The summed E-state index contributed by atoms with van der Waals surface area (Å²) in [5, 5.41) is 19.8. The average molecular weight is 550 g/mol. The summed E-state index contributed by atoms with van der Waals surface area (Å²) < 4.78 is 22.5. The highest BCUT2D eigenvalue weighted by Crippen LogP contribution is 2.42. The van der Waals surface area contributed by atoms with E-state index in [1.165, 1.54) is 0 Å². The molecule has 9 heteroatoms. The highest BCUT2D eigenvalue weighted by atomic mass is 35.5. The van der Waals surface area contributed by atoms with Crippen molar-refractivity contribution in [3.8, 4) is 22.9 Å². The van der Waals surface area contributed by atoms with Crippen molar-refractivity contribution >= 4 is 39.1 Å². The summed E-state index contributed by atoms with van der Waals surface area (Å²) in [4.78, 5) is 11.5. The lowest BCUT2D eigenvalue weighted by Gasteiger charge is -2.34. The molecule has 2 fully saturated rings. The molecule has 3 N–H and O–H groups in total. The summed E-state index contributed by atoms with van der Waals surface area (Å²) in [6.45, 7) is 6.97. The third kappa shape index (κ3) is 5.21. The van der Waals surface area contributed by atoms with Crippen molar-refractivity contribution in [2.45, 2.75) is 51.2 Å². The Morgan fingerprint density at radius 1 is 1.13 bits per heavy atom. The predicted molar refractivity (Wildman–Crippen MR) is 155 cm³/mol. The number of anilines is 1. The smallest absolute Gasteiger partial charge is 0.319 e. The summed E-state index contributed by atoms with van der Waals surface area (Å²) in [6, 6.07) is 13.8. The molecule has 2 bridgehead atoms. The molecule has 3 heterocycles. The lowest BCUT2D eigenvalue weighted by Crippen LogP contribution is -2.51. The minimum absolute atomic E-state index is 0.0398. The first kappa shape index (κ1) is 26.0. The van der Waals surface area contributed by atoms with Gasteiger partial charge in [0.05, 0.1) is 11.6 Å². The van der Waals surface area contributed by atoms with Gasteiger partial charge in [0.15, 0.2) is 5.82 Å². The number of nitrogens with one attached hydrogen (secondary N) is 2. The first-order valence-corrected chi connectivity index (χ1v) is 14.0. The van der Waals surface area contributed by atoms with Crippen molar-refractivity contribution in [2.75, 3.05) is 31.1 Å². The maximum Gasteiger partial charge on any atom is 0.319 e. The largest absolute Gasteiger partial charge is 0.508 e. The van der Waals surface area contributed by atoms with Gasteiger partial charge < -0.3 is 25.4 Å². The molecule has 0 saturated carbocycles. The van der Waals surface area contributed by atoms with E-state index in [1.54, 1.807) is 18.2 Å². The molecular weight excluding hydrogens is 517 g/mol. The standard InChI is InChI=1S/C30H33ClFN5O2/c1-17(2)33-10-5-11-39-30-35-28-24(29(36-30)37-15-19-8-9-20(16-37)34-19)14-25(31)26(27(28)32)23-13-21(38)12-18-6-3-4-7-22(18)23/h3-4,6-7,12-14,17,19-20,33-34,38H,5,8-11,15-16H2,1-2H3/t19-,20+. The van der Waals surface area contributed by atoms with Crippen molar-refractivity contribution in [1.82, 2.24) is 20.6 Å². The minimum Gasteiger partial charge on any atom is -0.508 e. The number of phenols is 1. The summed E-state index contributed by atoms with van der Waals surface area (Å²) in [5.74, 6) is 0.126. The van der Waals surface area contributed by atoms with Crippen molar-refractivity contribution in [3.05, 3.63) is 53.3 Å². The van der Waals surface area contributed by atoms with Crippen LogP contribution in [-0.2, 0) is 0 Å². The molecule has 7 nitrogen and oxygen atoms in total. The van der Waals surface area contributed by atoms with Crippen molar-refractivity contribution in [3.63, 3.8) is 0 Å². The number of nitrogens with zero attached hydrogens (tertiary/aromatic N) is 3. The second kappa shape index (κ2) is 10.8. The Balaban J connectivity index is 1.46. The zero-order valence-electron chi connectivity index (χ0n) is 22.2. The molecule has 39 heavy (non-hydrogen) atoms. The van der Waals surface area contributed by atoms with Gasteiger partial charge in [-0.3, -0.25) is 0 Å². The number of fused-ring (bicyclic) bond motifs is 4. The number of rotatable bonds is 8. The summed E-state index contributed by atoms with van der Waals surface area (Å²) in [5.41, 5.74) is 0.874. The van der Waals surface area contributed by atoms with E-state index in [-0.39, 0.29) is 27.9 Å². The van der Waals surface area contributed by atoms with Crippen molar-refractivity contribution in [2.24, 2.45) is 0 Å². The van der Waals surface area contributed by atoms with Gasteiger partial charge in [-0.25, -0.2) is 4.39 Å². The highest BCUT2D eigenvalue weighted by molar-refractivity contribution is 6.35. The van der Waals surface area contributed by atoms with Gasteiger partial charge in [-0.15, -0.1) is 0 Å². The SMILES string of the molecule is CC(C)NCCCOc1nc(N2C[C@H]3CC[C@@H](C2)N3)c2cc(Cl)c(-c3cc(O)cc4ccccc34)c(F)c2n1. The van der Waals surface area contributed by atoms with Crippen LogP contribution in [0.25, 0.3) is 32.8 Å². The van der Waals surface area contributed by atoms with E-state index in [4.69, 9.17) is 21.3 Å². The lowest BCUT2D eigenvalue weighted by molar-refractivity contribution is 0.284. The van der Waals surface area contributed by atoms with Crippen LogP contribution in [-0.4, -0.2) is 59.4 Å². The Bertz CT molecular complexity index is 1520. The maximum absolute atomic E-state index is 16.5. The molecule has 0 amide bonds. The van der Waals surface area contributed by atoms with Gasteiger partial charge in [-0.1, -0.05) is 49.7 Å². The van der Waals surface area contributed by atoms with E-state index in [0.717, 1.165) is 49.7 Å². The monoisotopic (exact) mass is 549 g/mol. The number of hydrogen-bond donors (Lipinski definition) is 3. The van der Waals surface area contributed by atoms with Gasteiger partial charge in [0.25, 0.3) is 0 Å². The Labute approximate surface area is 232 Å². The topological polar surface area (TPSA) is 82.5 Å². The number of hydrogen-bond acceptors (Lipinski definition) is 7. The fraction of sp³-hybridized carbons (Fsp3) is 0.400. The molecule has 0 unspecified atom stereocenters. The van der Waals surface area contributed by atoms with Crippen LogP contribution < -0.4 is 20.3 Å². The van der Waals surface area contributed by atoms with E-state index in [0.29, 0.717) is 41.5 Å². The number of benzene rings is 3. The van der Waals surface area contributed by atoms with Crippen LogP contribution in [0.2, 0.25) is 5.02 Å². The summed E-state index contributed by atoms with van der Waals surface area (Å²) in [7, 11) is 0. The molecule has 0 aliphatic carbocycles. The third-order valence-electron chi connectivity index (χ3n) is 7.58. The average Bonchev–Trinajstić information content (AvgIpc) is 3.25. The molecule has 2 atom stereocenters. The first-order chi connectivity index (χ1) is 18.9. The minimum atomic E-state index is -0.554. The Hall–Kier alpha value is -3.20. The summed E-state index contributed by atoms with van der Waals surface area (Å²) in [6.07, 6.45) is 3.00. The van der Waals surface area contributed by atoms with Gasteiger partial charge in [0.2, 0.25) is 0 Å². The number of halogens is 2. The molecule has 0 spiro atoms. The molecule has 2 aliphatic heterocycles. The normalized spacial score (nSPS) is 18.9. The van der Waals surface area contributed by atoms with E-state index in [1.807, 2.05) is 24.3 Å². The number of aromatic hydroxyl groups is 1. The van der Waals surface area contributed by atoms with Gasteiger partial charge >= 0.3 is 6.01 Å². The molecule has 6 rings (SSSR count). The Morgan fingerprint density at radius 2 is 1.90 bits per heavy atom. The van der Waals surface area contributed by atoms with Crippen LogP contribution in [0.1, 0.15) is 33.1 Å². The molecule has 4 aromatic rings. The van der Waals surface area contributed by atoms with Gasteiger partial charge in [-0.2, -0.15) is 9.97 Å². The van der Waals surface area contributed by atoms with Gasteiger partial charge in [0.1, 0.15) is 17.1 Å². The number of aromatic nitrogens is 2. The van der Waals surface area contributed by atoms with Crippen LogP contribution in [0.3, 0.4) is 0 Å². The molecule has 2 saturated heterocycles. The molecule has 3 aromatic carbocycles. The second-order valence-corrected chi connectivity index (χ2v) is 11.2. The van der Waals surface area contributed by atoms with E-state index >= 15 is 4.39 Å². The van der Waals surface area contributed by atoms with Crippen molar-refractivity contribution in [1.29, 1.82) is 0 Å². The van der Waals surface area contributed by atoms with Gasteiger partial charge in [-0.05, 0) is 60.3 Å². The van der Waals surface area contributed by atoms with E-state index < -0.39 is 5.82 Å². The van der Waals surface area contributed by atoms with Crippen LogP contribution in [0.4, 0.5) is 10.2 Å². The van der Waals surface area contributed by atoms with Gasteiger partial charge in [0, 0.05) is 42.2 Å². The van der Waals surface area contributed by atoms with Crippen LogP contribution in [0.15, 0.2) is 42.5 Å². The second-order valence-electron chi connectivity index (χ2n) is 10.8. The summed E-state index contributed by atoms with van der Waals surface area (Å²) >= 11 is 6.81. The molecule has 1 aromatic heterocycles. The Kier molecular flexibility index (Phi) is 7.18. The third-order valence-corrected chi connectivity index (χ3v) is 7.88. The zero-order valence-corrected chi connectivity index (χ0v) is 22.9. The highest BCUT2D eigenvalue weighted by Gasteiger charge is 2.34. The van der Waals surface area contributed by atoms with Crippen molar-refractivity contribution < 1.29 is 14.2 Å². The molecular formula is C30H33ClFN5O2. The maximum atomic E-state index is 16.5. The van der Waals surface area contributed by atoms with Crippen LogP contribution >= 0.6 is 11.6 Å². The molecule has 204 valence electrons. The molecule has 0 radical (unpaired) electrons. The lowest BCUT2D eigenvalue weighted by atomic mass is 9.96. The number of phenolic OH excluding ortho intramolecular Hbond substituents is 1.